The lowest BCUT2D eigenvalue weighted by molar-refractivity contribution is 0.297. The van der Waals surface area contributed by atoms with Gasteiger partial charge < -0.3 is 5.11 Å². The van der Waals surface area contributed by atoms with Gasteiger partial charge in [0.15, 0.2) is 0 Å². The maximum Gasteiger partial charge on any atom is 0.115 e. The normalized spacial score (nSPS) is 15.5. The van der Waals surface area contributed by atoms with Crippen LogP contribution in [0.15, 0.2) is 6.33 Å². The molecule has 0 radical (unpaired) electrons. The Bertz CT molecular complexity index is 299. The SMILES string of the molecule is OCCc1ncnc2c1CCCC2. The maximum atomic E-state index is 8.86. The molecule has 1 aliphatic carbocycles. The van der Waals surface area contributed by atoms with Crippen LogP contribution in [0.4, 0.5) is 0 Å². The molecule has 0 spiro atoms. The molecule has 0 unspecified atom stereocenters. The summed E-state index contributed by atoms with van der Waals surface area (Å²) in [6.45, 7) is 0.184. The van der Waals surface area contributed by atoms with Gasteiger partial charge in [0.1, 0.15) is 6.33 Å². The molecule has 0 saturated heterocycles. The van der Waals surface area contributed by atoms with E-state index in [9.17, 15) is 0 Å². The van der Waals surface area contributed by atoms with E-state index in [1.54, 1.807) is 6.33 Å². The average Bonchev–Trinajstić information content (AvgIpc) is 2.19. The van der Waals surface area contributed by atoms with Gasteiger partial charge in [-0.3, -0.25) is 0 Å². The Kier molecular flexibility index (Phi) is 2.54. The summed E-state index contributed by atoms with van der Waals surface area (Å²) in [5.41, 5.74) is 3.54. The molecular weight excluding hydrogens is 164 g/mol. The van der Waals surface area contributed by atoms with E-state index in [2.05, 4.69) is 9.97 Å². The van der Waals surface area contributed by atoms with E-state index in [-0.39, 0.29) is 6.61 Å². The molecule has 0 aromatic carbocycles. The zero-order valence-corrected chi connectivity index (χ0v) is 7.66. The minimum Gasteiger partial charge on any atom is -0.396 e. The van der Waals surface area contributed by atoms with Crippen molar-refractivity contribution in [2.45, 2.75) is 32.1 Å². The summed E-state index contributed by atoms with van der Waals surface area (Å²) in [5.74, 6) is 0. The zero-order valence-electron chi connectivity index (χ0n) is 7.66. The molecule has 1 N–H and O–H groups in total. The van der Waals surface area contributed by atoms with Gasteiger partial charge in [0.05, 0.1) is 0 Å². The number of aromatic nitrogens is 2. The highest BCUT2D eigenvalue weighted by molar-refractivity contribution is 5.27. The zero-order chi connectivity index (χ0) is 9.10. The number of aliphatic hydroxyl groups excluding tert-OH is 1. The molecular formula is C10H14N2O. The number of rotatable bonds is 2. The van der Waals surface area contributed by atoms with Gasteiger partial charge in [0, 0.05) is 24.4 Å². The van der Waals surface area contributed by atoms with Crippen molar-refractivity contribution < 1.29 is 5.11 Å². The molecule has 70 valence electrons. The molecule has 1 aromatic heterocycles. The summed E-state index contributed by atoms with van der Waals surface area (Å²) in [4.78, 5) is 8.48. The molecule has 0 bridgehead atoms. The van der Waals surface area contributed by atoms with Crippen molar-refractivity contribution in [1.82, 2.24) is 9.97 Å². The molecule has 2 rings (SSSR count). The smallest absolute Gasteiger partial charge is 0.115 e. The molecule has 0 amide bonds. The minimum atomic E-state index is 0.184. The first-order chi connectivity index (χ1) is 6.42. The number of fused-ring (bicyclic) bond motifs is 1. The Balaban J connectivity index is 2.34. The van der Waals surface area contributed by atoms with E-state index in [4.69, 9.17) is 5.11 Å². The van der Waals surface area contributed by atoms with Crippen LogP contribution < -0.4 is 0 Å². The monoisotopic (exact) mass is 178 g/mol. The van der Waals surface area contributed by atoms with E-state index in [1.807, 2.05) is 0 Å². The van der Waals surface area contributed by atoms with E-state index in [1.165, 1.54) is 24.1 Å². The molecule has 3 heteroatoms. The lowest BCUT2D eigenvalue weighted by Crippen LogP contribution is -2.11. The fourth-order valence-electron chi connectivity index (χ4n) is 1.91. The molecule has 3 nitrogen and oxygen atoms in total. The van der Waals surface area contributed by atoms with Gasteiger partial charge in [-0.05, 0) is 31.2 Å². The van der Waals surface area contributed by atoms with E-state index in [0.717, 1.165) is 18.5 Å². The highest BCUT2D eigenvalue weighted by Gasteiger charge is 2.14. The summed E-state index contributed by atoms with van der Waals surface area (Å²) in [7, 11) is 0. The maximum absolute atomic E-state index is 8.86. The van der Waals surface area contributed by atoms with Crippen LogP contribution in [0, 0.1) is 0 Å². The van der Waals surface area contributed by atoms with Crippen LogP contribution in [0.25, 0.3) is 0 Å². The number of aliphatic hydroxyl groups is 1. The van der Waals surface area contributed by atoms with E-state index in [0.29, 0.717) is 6.42 Å². The Morgan fingerprint density at radius 2 is 2.08 bits per heavy atom. The van der Waals surface area contributed by atoms with Crippen molar-refractivity contribution in [3.05, 3.63) is 23.3 Å². The Labute approximate surface area is 77.8 Å². The molecule has 1 aromatic rings. The third kappa shape index (κ3) is 1.70. The summed E-state index contributed by atoms with van der Waals surface area (Å²) >= 11 is 0. The largest absolute Gasteiger partial charge is 0.396 e. The van der Waals surface area contributed by atoms with Crippen LogP contribution in [0.2, 0.25) is 0 Å². The second kappa shape index (κ2) is 3.83. The van der Waals surface area contributed by atoms with Crippen LogP contribution in [-0.2, 0) is 19.3 Å². The van der Waals surface area contributed by atoms with Crippen LogP contribution in [0.3, 0.4) is 0 Å². The lowest BCUT2D eigenvalue weighted by Gasteiger charge is -2.16. The molecule has 0 aliphatic heterocycles. The number of nitrogens with zero attached hydrogens (tertiary/aromatic N) is 2. The van der Waals surface area contributed by atoms with Gasteiger partial charge in [0.25, 0.3) is 0 Å². The van der Waals surface area contributed by atoms with Gasteiger partial charge in [-0.1, -0.05) is 0 Å². The first-order valence-corrected chi connectivity index (χ1v) is 4.84. The summed E-state index contributed by atoms with van der Waals surface area (Å²) < 4.78 is 0. The molecule has 0 atom stereocenters. The van der Waals surface area contributed by atoms with E-state index >= 15 is 0 Å². The quantitative estimate of drug-likeness (QED) is 0.731. The predicted molar refractivity (Wildman–Crippen MR) is 49.5 cm³/mol. The highest BCUT2D eigenvalue weighted by atomic mass is 16.3. The van der Waals surface area contributed by atoms with E-state index < -0.39 is 0 Å². The molecule has 0 fully saturated rings. The fraction of sp³-hybridized carbons (Fsp3) is 0.600. The first-order valence-electron chi connectivity index (χ1n) is 4.84. The Morgan fingerprint density at radius 1 is 1.23 bits per heavy atom. The fourth-order valence-corrected chi connectivity index (χ4v) is 1.91. The minimum absolute atomic E-state index is 0.184. The summed E-state index contributed by atoms with van der Waals surface area (Å²) in [6, 6.07) is 0. The number of hydrogen-bond acceptors (Lipinski definition) is 3. The average molecular weight is 178 g/mol. The van der Waals surface area contributed by atoms with Crippen molar-refractivity contribution in [3.8, 4) is 0 Å². The topological polar surface area (TPSA) is 46.0 Å². The molecule has 1 aliphatic rings. The van der Waals surface area contributed by atoms with Gasteiger partial charge in [-0.25, -0.2) is 9.97 Å². The molecule has 13 heavy (non-hydrogen) atoms. The van der Waals surface area contributed by atoms with Crippen LogP contribution in [0.5, 0.6) is 0 Å². The van der Waals surface area contributed by atoms with Crippen molar-refractivity contribution >= 4 is 0 Å². The third-order valence-electron chi connectivity index (χ3n) is 2.56. The standard InChI is InChI=1S/C10H14N2O/c13-6-5-10-8-3-1-2-4-9(8)11-7-12-10/h7,13H,1-6H2. The molecule has 0 saturated carbocycles. The highest BCUT2D eigenvalue weighted by Crippen LogP contribution is 2.21. The lowest BCUT2D eigenvalue weighted by atomic mass is 9.94. The van der Waals surface area contributed by atoms with Crippen LogP contribution in [-0.4, -0.2) is 21.7 Å². The van der Waals surface area contributed by atoms with Crippen molar-refractivity contribution in [2.75, 3.05) is 6.61 Å². The first kappa shape index (κ1) is 8.63. The predicted octanol–water partition coefficient (Wildman–Crippen LogP) is 0.890. The second-order valence-electron chi connectivity index (χ2n) is 3.43. The van der Waals surface area contributed by atoms with Gasteiger partial charge in [-0.2, -0.15) is 0 Å². The van der Waals surface area contributed by atoms with Crippen molar-refractivity contribution in [3.63, 3.8) is 0 Å². The molecule has 1 heterocycles. The van der Waals surface area contributed by atoms with Crippen molar-refractivity contribution in [2.24, 2.45) is 0 Å². The second-order valence-corrected chi connectivity index (χ2v) is 3.43. The third-order valence-corrected chi connectivity index (χ3v) is 2.56. The van der Waals surface area contributed by atoms with Gasteiger partial charge in [0.2, 0.25) is 0 Å². The Morgan fingerprint density at radius 3 is 2.92 bits per heavy atom. The van der Waals surface area contributed by atoms with Gasteiger partial charge in [-0.15, -0.1) is 0 Å². The van der Waals surface area contributed by atoms with Crippen LogP contribution in [0.1, 0.15) is 29.8 Å². The Hall–Kier alpha value is -0.960. The summed E-state index contributed by atoms with van der Waals surface area (Å²) in [5, 5.41) is 8.86. The number of hydrogen-bond donors (Lipinski definition) is 1. The van der Waals surface area contributed by atoms with Crippen LogP contribution >= 0.6 is 0 Å². The van der Waals surface area contributed by atoms with Gasteiger partial charge >= 0.3 is 0 Å². The summed E-state index contributed by atoms with van der Waals surface area (Å²) in [6.07, 6.45) is 6.93. The van der Waals surface area contributed by atoms with Crippen molar-refractivity contribution in [1.29, 1.82) is 0 Å². The number of aryl methyl sites for hydroxylation is 1.